The zero-order chi connectivity index (χ0) is 18.9. The van der Waals surface area contributed by atoms with E-state index in [0.717, 1.165) is 31.2 Å². The van der Waals surface area contributed by atoms with Crippen LogP contribution in [0.15, 0.2) is 29.2 Å². The fraction of sp³-hybridized carbons (Fsp3) is 0.632. The van der Waals surface area contributed by atoms with Gasteiger partial charge in [0.25, 0.3) is 10.1 Å². The van der Waals surface area contributed by atoms with Crippen LogP contribution in [0, 0.1) is 18.8 Å². The molecule has 0 aliphatic rings. The molecule has 0 saturated carbocycles. The number of unbranched alkanes of at least 4 members (excludes halogenated alkanes) is 2. The lowest BCUT2D eigenvalue weighted by Gasteiger charge is -2.19. The molecule has 0 aliphatic heterocycles. The van der Waals surface area contributed by atoms with Crippen LogP contribution in [0.1, 0.15) is 57.9 Å². The molecular formula is C19H30O5S. The standard InChI is InChI=1S/C19H30O5S/c1-4-5-6-7-16(3)12-17(13-19(20)21)14-24-25(22,23)18-10-8-15(2)9-11-18/h8-11,16-17H,4-7,12-14H2,1-3H3,(H,20,21)/t16-,17-/m0/s1. The highest BCUT2D eigenvalue weighted by Crippen LogP contribution is 2.23. The van der Waals surface area contributed by atoms with Gasteiger partial charge in [-0.3, -0.25) is 8.98 Å². The van der Waals surface area contributed by atoms with E-state index in [1.807, 2.05) is 6.92 Å². The van der Waals surface area contributed by atoms with E-state index >= 15 is 0 Å². The number of carbonyl (C=O) groups is 1. The maximum Gasteiger partial charge on any atom is 0.303 e. The lowest BCUT2D eigenvalue weighted by atomic mass is 9.90. The first-order chi connectivity index (χ1) is 11.7. The van der Waals surface area contributed by atoms with Crippen LogP contribution < -0.4 is 0 Å². The van der Waals surface area contributed by atoms with Crippen molar-refractivity contribution < 1.29 is 22.5 Å². The molecule has 6 heteroatoms. The molecule has 0 fully saturated rings. The Balaban J connectivity index is 2.65. The zero-order valence-electron chi connectivity index (χ0n) is 15.4. The molecule has 25 heavy (non-hydrogen) atoms. The van der Waals surface area contributed by atoms with Gasteiger partial charge in [0.05, 0.1) is 17.9 Å². The molecule has 1 aromatic rings. The lowest BCUT2D eigenvalue weighted by molar-refractivity contribution is -0.138. The van der Waals surface area contributed by atoms with Gasteiger partial charge < -0.3 is 5.11 Å². The van der Waals surface area contributed by atoms with Gasteiger partial charge in [0, 0.05) is 0 Å². The summed E-state index contributed by atoms with van der Waals surface area (Å²) in [5.74, 6) is -0.891. The first kappa shape index (κ1) is 21.6. The van der Waals surface area contributed by atoms with Crippen molar-refractivity contribution in [2.45, 2.75) is 64.2 Å². The van der Waals surface area contributed by atoms with Gasteiger partial charge in [-0.25, -0.2) is 0 Å². The van der Waals surface area contributed by atoms with E-state index in [4.69, 9.17) is 9.29 Å². The van der Waals surface area contributed by atoms with Crippen molar-refractivity contribution >= 4 is 16.1 Å². The number of hydrogen-bond donors (Lipinski definition) is 1. The van der Waals surface area contributed by atoms with E-state index in [0.29, 0.717) is 12.3 Å². The molecule has 0 radical (unpaired) electrons. The molecule has 142 valence electrons. The molecule has 1 aromatic carbocycles. The summed E-state index contributed by atoms with van der Waals surface area (Å²) < 4.78 is 29.7. The van der Waals surface area contributed by atoms with Gasteiger partial charge in [0.2, 0.25) is 0 Å². The minimum atomic E-state index is -3.86. The maximum absolute atomic E-state index is 12.3. The van der Waals surface area contributed by atoms with Crippen LogP contribution in [-0.4, -0.2) is 26.1 Å². The largest absolute Gasteiger partial charge is 0.481 e. The molecule has 0 saturated heterocycles. The summed E-state index contributed by atoms with van der Waals surface area (Å²) in [5.41, 5.74) is 0.962. The van der Waals surface area contributed by atoms with Gasteiger partial charge in [0.1, 0.15) is 0 Å². The third kappa shape index (κ3) is 8.50. The summed E-state index contributed by atoms with van der Waals surface area (Å²) in [6.45, 7) is 6.00. The molecular weight excluding hydrogens is 340 g/mol. The zero-order valence-corrected chi connectivity index (χ0v) is 16.2. The number of benzene rings is 1. The molecule has 0 bridgehead atoms. The molecule has 2 atom stereocenters. The van der Waals surface area contributed by atoms with Crippen LogP contribution in [0.2, 0.25) is 0 Å². The summed E-state index contributed by atoms with van der Waals surface area (Å²) in [5, 5.41) is 9.08. The summed E-state index contributed by atoms with van der Waals surface area (Å²) in [6.07, 6.45) is 5.00. The minimum absolute atomic E-state index is 0.0818. The van der Waals surface area contributed by atoms with Crippen LogP contribution in [0.3, 0.4) is 0 Å². The first-order valence-corrected chi connectivity index (χ1v) is 10.3. The lowest BCUT2D eigenvalue weighted by Crippen LogP contribution is -2.20. The Labute approximate surface area is 151 Å². The molecule has 0 amide bonds. The predicted molar refractivity (Wildman–Crippen MR) is 98.0 cm³/mol. The van der Waals surface area contributed by atoms with E-state index in [2.05, 4.69) is 13.8 Å². The van der Waals surface area contributed by atoms with Crippen molar-refractivity contribution in [1.29, 1.82) is 0 Å². The van der Waals surface area contributed by atoms with Crippen LogP contribution in [-0.2, 0) is 19.1 Å². The van der Waals surface area contributed by atoms with Crippen molar-refractivity contribution in [1.82, 2.24) is 0 Å². The summed E-state index contributed by atoms with van der Waals surface area (Å²) in [7, 11) is -3.86. The SMILES string of the molecule is CCCCC[C@H](C)C[C@H](COS(=O)(=O)c1ccc(C)cc1)CC(=O)O. The van der Waals surface area contributed by atoms with Crippen molar-refractivity contribution in [3.8, 4) is 0 Å². The number of carboxylic acids is 1. The van der Waals surface area contributed by atoms with E-state index in [9.17, 15) is 13.2 Å². The predicted octanol–water partition coefficient (Wildman–Crippen LogP) is 4.40. The molecule has 0 aromatic heterocycles. The third-order valence-corrected chi connectivity index (χ3v) is 5.56. The second kappa shape index (κ2) is 10.6. The smallest absolute Gasteiger partial charge is 0.303 e. The first-order valence-electron chi connectivity index (χ1n) is 8.92. The quantitative estimate of drug-likeness (QED) is 0.436. The Kier molecular flexibility index (Phi) is 9.14. The average molecular weight is 371 g/mol. The highest BCUT2D eigenvalue weighted by Gasteiger charge is 2.22. The van der Waals surface area contributed by atoms with Crippen LogP contribution in [0.25, 0.3) is 0 Å². The Bertz CT molecular complexity index is 622. The van der Waals surface area contributed by atoms with E-state index < -0.39 is 16.1 Å². The summed E-state index contributed by atoms with van der Waals surface area (Å²) >= 11 is 0. The van der Waals surface area contributed by atoms with Gasteiger partial charge in [-0.05, 0) is 37.3 Å². The highest BCUT2D eigenvalue weighted by molar-refractivity contribution is 7.86. The number of hydrogen-bond acceptors (Lipinski definition) is 4. The molecule has 0 spiro atoms. The molecule has 0 unspecified atom stereocenters. The van der Waals surface area contributed by atoms with Crippen molar-refractivity contribution in [2.75, 3.05) is 6.61 Å². The van der Waals surface area contributed by atoms with Crippen molar-refractivity contribution in [2.24, 2.45) is 11.8 Å². The Morgan fingerprint density at radius 1 is 1.20 bits per heavy atom. The molecule has 0 heterocycles. The summed E-state index contributed by atoms with van der Waals surface area (Å²) in [6, 6.07) is 6.43. The van der Waals surface area contributed by atoms with E-state index in [1.165, 1.54) is 12.1 Å². The van der Waals surface area contributed by atoms with Gasteiger partial charge in [0.15, 0.2) is 0 Å². The Morgan fingerprint density at radius 3 is 2.40 bits per heavy atom. The second-order valence-corrected chi connectivity index (χ2v) is 8.47. The van der Waals surface area contributed by atoms with Gasteiger partial charge in [-0.15, -0.1) is 0 Å². The van der Waals surface area contributed by atoms with Crippen molar-refractivity contribution in [3.05, 3.63) is 29.8 Å². The summed E-state index contributed by atoms with van der Waals surface area (Å²) in [4.78, 5) is 11.2. The second-order valence-electron chi connectivity index (χ2n) is 6.85. The number of aryl methyl sites for hydroxylation is 1. The molecule has 5 nitrogen and oxygen atoms in total. The van der Waals surface area contributed by atoms with E-state index in [1.54, 1.807) is 12.1 Å². The topological polar surface area (TPSA) is 80.7 Å². The Morgan fingerprint density at radius 2 is 1.84 bits per heavy atom. The molecule has 1 rings (SSSR count). The van der Waals surface area contributed by atoms with Crippen LogP contribution in [0.4, 0.5) is 0 Å². The maximum atomic E-state index is 12.3. The van der Waals surface area contributed by atoms with Crippen LogP contribution >= 0.6 is 0 Å². The third-order valence-electron chi connectivity index (χ3n) is 4.27. The van der Waals surface area contributed by atoms with E-state index in [-0.39, 0.29) is 23.8 Å². The van der Waals surface area contributed by atoms with Gasteiger partial charge >= 0.3 is 5.97 Å². The highest BCUT2D eigenvalue weighted by atomic mass is 32.2. The monoisotopic (exact) mass is 370 g/mol. The van der Waals surface area contributed by atoms with Gasteiger partial charge in [-0.2, -0.15) is 8.42 Å². The molecule has 1 N–H and O–H groups in total. The fourth-order valence-electron chi connectivity index (χ4n) is 2.85. The van der Waals surface area contributed by atoms with Crippen molar-refractivity contribution in [3.63, 3.8) is 0 Å². The Hall–Kier alpha value is -1.40. The molecule has 0 aliphatic carbocycles. The van der Waals surface area contributed by atoms with Crippen LogP contribution in [0.5, 0.6) is 0 Å². The van der Waals surface area contributed by atoms with Gasteiger partial charge in [-0.1, -0.05) is 57.2 Å². The average Bonchev–Trinajstić information content (AvgIpc) is 2.53. The normalized spacial score (nSPS) is 14.2. The fourth-order valence-corrected chi connectivity index (χ4v) is 3.82. The minimum Gasteiger partial charge on any atom is -0.481 e. The number of carboxylic acid groups (broad SMARTS) is 1. The number of rotatable bonds is 12. The number of aliphatic carboxylic acids is 1.